The van der Waals surface area contributed by atoms with Crippen molar-refractivity contribution in [3.63, 3.8) is 0 Å². The molecule has 1 spiro atoms. The molecule has 4 aromatic carbocycles. The summed E-state index contributed by atoms with van der Waals surface area (Å²) in [5.41, 5.74) is 2.82. The summed E-state index contributed by atoms with van der Waals surface area (Å²) in [6.45, 7) is 5.61. The van der Waals surface area contributed by atoms with Crippen LogP contribution in [0.25, 0.3) is 0 Å². The van der Waals surface area contributed by atoms with Gasteiger partial charge in [0.2, 0.25) is 10.0 Å². The van der Waals surface area contributed by atoms with Gasteiger partial charge in [0, 0.05) is 24.4 Å². The van der Waals surface area contributed by atoms with E-state index in [0.717, 1.165) is 11.1 Å². The van der Waals surface area contributed by atoms with Crippen molar-refractivity contribution in [3.05, 3.63) is 131 Å². The molecule has 1 amide bonds. The summed E-state index contributed by atoms with van der Waals surface area (Å²) in [5, 5.41) is 6.13. The van der Waals surface area contributed by atoms with E-state index in [1.165, 1.54) is 9.31 Å². The molecule has 2 aliphatic heterocycles. The van der Waals surface area contributed by atoms with Gasteiger partial charge in [-0.2, -0.15) is 14.4 Å². The molecule has 7 nitrogen and oxygen atoms in total. The van der Waals surface area contributed by atoms with Crippen LogP contribution in [-0.2, 0) is 14.8 Å². The molecule has 0 aliphatic carbocycles. The number of benzene rings is 4. The average molecular weight is 592 g/mol. The van der Waals surface area contributed by atoms with Crippen LogP contribution in [0.3, 0.4) is 0 Å². The van der Waals surface area contributed by atoms with Crippen LogP contribution in [-0.4, -0.2) is 36.7 Å². The summed E-state index contributed by atoms with van der Waals surface area (Å²) >= 11 is 0. The van der Waals surface area contributed by atoms with Gasteiger partial charge in [-0.15, -0.1) is 0 Å². The smallest absolute Gasteiger partial charge is 0.261 e. The van der Waals surface area contributed by atoms with Crippen LogP contribution in [0.4, 0.5) is 5.69 Å². The highest BCUT2D eigenvalue weighted by atomic mass is 32.2. The molecular formula is C35H33N3O4S. The molecule has 0 radical (unpaired) electrons. The molecule has 0 saturated carbocycles. The van der Waals surface area contributed by atoms with E-state index < -0.39 is 27.4 Å². The first-order chi connectivity index (χ1) is 20.6. The third-order valence-corrected chi connectivity index (χ3v) is 10.6. The molecule has 6 rings (SSSR count). The number of hydrogen-bond donors (Lipinski definition) is 0. The zero-order valence-electron chi connectivity index (χ0n) is 24.3. The minimum atomic E-state index is -4.09. The Kier molecular flexibility index (Phi) is 7.36. The van der Waals surface area contributed by atoms with Gasteiger partial charge in [0.1, 0.15) is 5.41 Å². The van der Waals surface area contributed by atoms with E-state index in [0.29, 0.717) is 22.5 Å². The van der Waals surface area contributed by atoms with Crippen molar-refractivity contribution in [1.82, 2.24) is 4.31 Å². The first-order valence-corrected chi connectivity index (χ1v) is 15.8. The topological polar surface area (TPSA) is 87.1 Å². The molecule has 8 heteroatoms. The lowest BCUT2D eigenvalue weighted by molar-refractivity contribution is -0.126. The largest absolute Gasteiger partial charge is 0.294 e. The second-order valence-corrected chi connectivity index (χ2v) is 13.3. The first-order valence-electron chi connectivity index (χ1n) is 14.3. The van der Waals surface area contributed by atoms with E-state index >= 15 is 0 Å². The minimum Gasteiger partial charge on any atom is -0.294 e. The van der Waals surface area contributed by atoms with E-state index in [4.69, 9.17) is 5.10 Å². The van der Waals surface area contributed by atoms with Crippen LogP contribution in [0.15, 0.2) is 119 Å². The fraction of sp³-hybridized carbons (Fsp3) is 0.229. The number of ketones is 1. The molecule has 2 aliphatic rings. The van der Waals surface area contributed by atoms with Crippen molar-refractivity contribution in [1.29, 1.82) is 0 Å². The number of para-hydroxylation sites is 1. The zero-order chi connectivity index (χ0) is 30.4. The molecule has 1 fully saturated rings. The molecule has 0 bridgehead atoms. The van der Waals surface area contributed by atoms with Crippen LogP contribution < -0.4 is 5.01 Å². The first kappa shape index (κ1) is 28.7. The number of nitrogens with zero attached hydrogens (tertiary/aromatic N) is 3. The molecular weight excluding hydrogens is 558 g/mol. The number of amides is 1. The van der Waals surface area contributed by atoms with Gasteiger partial charge in [-0.3, -0.25) is 9.59 Å². The van der Waals surface area contributed by atoms with Crippen molar-refractivity contribution in [3.8, 4) is 0 Å². The predicted molar refractivity (Wildman–Crippen MR) is 167 cm³/mol. The molecule has 3 atom stereocenters. The quantitative estimate of drug-likeness (QED) is 0.235. The Morgan fingerprint density at radius 3 is 1.98 bits per heavy atom. The van der Waals surface area contributed by atoms with E-state index in [-0.39, 0.29) is 29.6 Å². The van der Waals surface area contributed by atoms with Crippen molar-refractivity contribution in [2.75, 3.05) is 11.6 Å². The van der Waals surface area contributed by atoms with Crippen LogP contribution in [0.1, 0.15) is 46.4 Å². The Balaban J connectivity index is 1.54. The molecule has 218 valence electrons. The number of aryl methyl sites for hydroxylation is 2. The Morgan fingerprint density at radius 1 is 0.814 bits per heavy atom. The number of hydrazone groups is 1. The normalized spacial score (nSPS) is 22.3. The zero-order valence-corrected chi connectivity index (χ0v) is 25.2. The lowest BCUT2D eigenvalue weighted by atomic mass is 9.66. The molecule has 0 unspecified atom stereocenters. The SMILES string of the molecule is CC1=NN(c2ccccc2)C(=O)[C@@]12[C@@H](CC(=O)c1ccc(C)cc1)CN(S(=O)(=O)c1ccc(C)cc1)[C@H]2c1ccccc1. The van der Waals surface area contributed by atoms with Crippen molar-refractivity contribution in [2.24, 2.45) is 16.4 Å². The van der Waals surface area contributed by atoms with Crippen LogP contribution in [0.5, 0.6) is 0 Å². The monoisotopic (exact) mass is 591 g/mol. The predicted octanol–water partition coefficient (Wildman–Crippen LogP) is 6.35. The van der Waals surface area contributed by atoms with Gasteiger partial charge in [-0.1, -0.05) is 96.1 Å². The number of carbonyl (C=O) groups excluding carboxylic acids is 2. The van der Waals surface area contributed by atoms with Gasteiger partial charge < -0.3 is 0 Å². The van der Waals surface area contributed by atoms with E-state index in [1.54, 1.807) is 55.5 Å². The number of rotatable bonds is 7. The van der Waals surface area contributed by atoms with Gasteiger partial charge in [-0.25, -0.2) is 8.42 Å². The van der Waals surface area contributed by atoms with Crippen LogP contribution in [0, 0.1) is 25.2 Å². The second-order valence-electron chi connectivity index (χ2n) is 11.4. The summed E-state index contributed by atoms with van der Waals surface area (Å²) < 4.78 is 30.3. The third-order valence-electron chi connectivity index (χ3n) is 8.71. The summed E-state index contributed by atoms with van der Waals surface area (Å²) in [5.74, 6) is -1.16. The molecule has 2 heterocycles. The molecule has 0 N–H and O–H groups in total. The fourth-order valence-corrected chi connectivity index (χ4v) is 8.20. The van der Waals surface area contributed by atoms with Gasteiger partial charge in [-0.05, 0) is 50.6 Å². The van der Waals surface area contributed by atoms with Gasteiger partial charge in [0.25, 0.3) is 5.91 Å². The molecule has 0 aromatic heterocycles. The molecule has 1 saturated heterocycles. The third kappa shape index (κ3) is 4.80. The number of carbonyl (C=O) groups is 2. The van der Waals surface area contributed by atoms with Crippen LogP contribution in [0.2, 0.25) is 0 Å². The average Bonchev–Trinajstić information content (AvgIpc) is 3.50. The highest BCUT2D eigenvalue weighted by Crippen LogP contribution is 2.58. The van der Waals surface area contributed by atoms with Gasteiger partial charge in [0.05, 0.1) is 22.3 Å². The van der Waals surface area contributed by atoms with Gasteiger partial charge in [0.15, 0.2) is 5.78 Å². The Hall–Kier alpha value is -4.40. The maximum absolute atomic E-state index is 14.8. The lowest BCUT2D eigenvalue weighted by Crippen LogP contribution is -2.48. The fourth-order valence-electron chi connectivity index (χ4n) is 6.51. The highest BCUT2D eigenvalue weighted by Gasteiger charge is 2.67. The molecule has 4 aromatic rings. The minimum absolute atomic E-state index is 0.0192. The number of hydrogen-bond acceptors (Lipinski definition) is 5. The summed E-state index contributed by atoms with van der Waals surface area (Å²) in [7, 11) is -4.09. The maximum atomic E-state index is 14.8. The number of Topliss-reactive ketones (excluding diaryl/α,β-unsaturated/α-hetero) is 1. The van der Waals surface area contributed by atoms with Crippen molar-refractivity contribution < 1.29 is 18.0 Å². The Bertz CT molecular complexity index is 1800. The highest BCUT2D eigenvalue weighted by molar-refractivity contribution is 7.89. The standard InChI is InChI=1S/C35H33N3O4S/c1-24-14-18-27(19-15-24)32(39)22-29-23-37(43(41,42)31-20-16-25(2)17-21-31)33(28-10-6-4-7-11-28)35(29)26(3)36-38(34(35)40)30-12-8-5-9-13-30/h4-21,29,33H,22-23H2,1-3H3/t29-,33-,35+/m0/s1. The lowest BCUT2D eigenvalue weighted by Gasteiger charge is -2.36. The Labute approximate surface area is 252 Å². The van der Waals surface area contributed by atoms with E-state index in [9.17, 15) is 18.0 Å². The van der Waals surface area contributed by atoms with E-state index in [1.807, 2.05) is 74.5 Å². The summed E-state index contributed by atoms with van der Waals surface area (Å²) in [6, 6.07) is 31.5. The van der Waals surface area contributed by atoms with Crippen molar-refractivity contribution in [2.45, 2.75) is 38.1 Å². The molecule has 43 heavy (non-hydrogen) atoms. The second kappa shape index (κ2) is 11.0. The Morgan fingerprint density at radius 2 is 1.37 bits per heavy atom. The maximum Gasteiger partial charge on any atom is 0.261 e. The van der Waals surface area contributed by atoms with Crippen LogP contribution >= 0.6 is 0 Å². The summed E-state index contributed by atoms with van der Waals surface area (Å²) in [6.07, 6.45) is -0.0203. The number of anilines is 1. The summed E-state index contributed by atoms with van der Waals surface area (Å²) in [4.78, 5) is 28.8. The van der Waals surface area contributed by atoms with Gasteiger partial charge >= 0.3 is 0 Å². The van der Waals surface area contributed by atoms with Crippen molar-refractivity contribution >= 4 is 33.1 Å². The van der Waals surface area contributed by atoms with E-state index in [2.05, 4.69) is 0 Å². The number of sulfonamides is 1.